The van der Waals surface area contributed by atoms with Crippen molar-refractivity contribution in [1.29, 1.82) is 0 Å². The van der Waals surface area contributed by atoms with Crippen molar-refractivity contribution < 1.29 is 9.47 Å². The molecular weight excluding hydrogens is 182 g/mol. The maximum absolute atomic E-state index is 8.27. The zero-order valence-electron chi connectivity index (χ0n) is 8.56. The van der Waals surface area contributed by atoms with Crippen molar-refractivity contribution in [3.05, 3.63) is 10.4 Å². The molecule has 5 heteroatoms. The van der Waals surface area contributed by atoms with E-state index in [0.717, 1.165) is 26.1 Å². The van der Waals surface area contributed by atoms with Gasteiger partial charge in [-0.15, -0.1) is 0 Å². The Morgan fingerprint density at radius 3 is 2.36 bits per heavy atom. The Kier molecular flexibility index (Phi) is 2.18. The first-order valence-electron chi connectivity index (χ1n) is 4.87. The predicted octanol–water partition coefficient (Wildman–Crippen LogP) is 2.23. The largest absolute Gasteiger partial charge is 0.350 e. The van der Waals surface area contributed by atoms with Crippen molar-refractivity contribution in [2.24, 2.45) is 10.5 Å². The summed E-state index contributed by atoms with van der Waals surface area (Å²) in [7, 11) is 0. The Morgan fingerprint density at radius 1 is 1.29 bits per heavy atom. The second-order valence-electron chi connectivity index (χ2n) is 4.74. The highest BCUT2D eigenvalue weighted by Crippen LogP contribution is 2.47. The van der Waals surface area contributed by atoms with Gasteiger partial charge in [0.1, 0.15) is 0 Å². The minimum absolute atomic E-state index is 0.119. The smallest absolute Gasteiger partial charge is 0.162 e. The van der Waals surface area contributed by atoms with Crippen LogP contribution in [0.25, 0.3) is 10.4 Å². The fraction of sp³-hybridized carbons (Fsp3) is 1.00. The first-order chi connectivity index (χ1) is 6.55. The van der Waals surface area contributed by atoms with Gasteiger partial charge in [-0.2, -0.15) is 0 Å². The lowest BCUT2D eigenvalue weighted by atomic mass is 9.66. The summed E-state index contributed by atoms with van der Waals surface area (Å²) in [6.45, 7) is 5.28. The molecule has 0 radical (unpaired) electrons. The van der Waals surface area contributed by atoms with Crippen LogP contribution in [0.3, 0.4) is 0 Å². The van der Waals surface area contributed by atoms with Crippen LogP contribution in [0.1, 0.15) is 26.7 Å². The van der Waals surface area contributed by atoms with Gasteiger partial charge in [-0.3, -0.25) is 0 Å². The van der Waals surface area contributed by atoms with Gasteiger partial charge in [0.25, 0.3) is 0 Å². The molecular formula is C9H15N3O2. The van der Waals surface area contributed by atoms with Gasteiger partial charge in [-0.25, -0.2) is 0 Å². The lowest BCUT2D eigenvalue weighted by molar-refractivity contribution is -0.299. The van der Waals surface area contributed by atoms with E-state index in [1.807, 2.05) is 13.8 Å². The second-order valence-corrected chi connectivity index (χ2v) is 4.74. The number of azide groups is 1. The highest BCUT2D eigenvalue weighted by Gasteiger charge is 2.48. The lowest BCUT2D eigenvalue weighted by Crippen LogP contribution is -2.54. The van der Waals surface area contributed by atoms with E-state index in [1.54, 1.807) is 0 Å². The fourth-order valence-corrected chi connectivity index (χ4v) is 2.07. The molecule has 1 spiro atoms. The summed E-state index contributed by atoms with van der Waals surface area (Å²) in [5, 5.41) is 3.69. The van der Waals surface area contributed by atoms with E-state index < -0.39 is 5.79 Å². The summed E-state index contributed by atoms with van der Waals surface area (Å²) >= 11 is 0. The van der Waals surface area contributed by atoms with E-state index in [4.69, 9.17) is 15.0 Å². The molecule has 5 nitrogen and oxygen atoms in total. The summed E-state index contributed by atoms with van der Waals surface area (Å²) < 4.78 is 11.2. The summed E-state index contributed by atoms with van der Waals surface area (Å²) in [6.07, 6.45) is 1.79. The number of hydrogen-bond donors (Lipinski definition) is 0. The molecule has 1 aliphatic heterocycles. The Bertz CT molecular complexity index is 266. The molecule has 14 heavy (non-hydrogen) atoms. The molecule has 1 saturated heterocycles. The number of nitrogens with zero attached hydrogens (tertiary/aromatic N) is 3. The van der Waals surface area contributed by atoms with Gasteiger partial charge in [0.2, 0.25) is 0 Å². The first kappa shape index (κ1) is 9.77. The van der Waals surface area contributed by atoms with E-state index >= 15 is 0 Å². The molecule has 2 fully saturated rings. The van der Waals surface area contributed by atoms with Crippen LogP contribution in [0.5, 0.6) is 0 Å². The number of hydrogen-bond acceptors (Lipinski definition) is 3. The average molecular weight is 197 g/mol. The predicted molar refractivity (Wildman–Crippen MR) is 50.6 cm³/mol. The molecule has 0 amide bonds. The van der Waals surface area contributed by atoms with Gasteiger partial charge < -0.3 is 9.47 Å². The van der Waals surface area contributed by atoms with Gasteiger partial charge in [0.05, 0.1) is 13.2 Å². The summed E-state index contributed by atoms with van der Waals surface area (Å²) in [5.74, 6) is -0.450. The molecule has 0 aromatic carbocycles. The van der Waals surface area contributed by atoms with Crippen LogP contribution >= 0.6 is 0 Å². The van der Waals surface area contributed by atoms with Gasteiger partial charge in [0, 0.05) is 16.4 Å². The third kappa shape index (κ3) is 1.71. The monoisotopic (exact) mass is 197 g/mol. The molecule has 78 valence electrons. The van der Waals surface area contributed by atoms with Crippen LogP contribution in [-0.2, 0) is 9.47 Å². The minimum Gasteiger partial charge on any atom is -0.350 e. The minimum atomic E-state index is -0.450. The van der Waals surface area contributed by atoms with Gasteiger partial charge >= 0.3 is 0 Å². The van der Waals surface area contributed by atoms with Crippen LogP contribution in [0.15, 0.2) is 5.11 Å². The molecule has 1 heterocycles. The third-order valence-electron chi connectivity index (χ3n) is 3.00. The summed E-state index contributed by atoms with van der Waals surface area (Å²) in [6, 6.07) is 0.147. The van der Waals surface area contributed by atoms with Crippen LogP contribution in [-0.4, -0.2) is 25.0 Å². The Labute approximate surface area is 83.0 Å². The maximum atomic E-state index is 8.27. The summed E-state index contributed by atoms with van der Waals surface area (Å²) in [4.78, 5) is 2.81. The molecule has 1 aliphatic carbocycles. The van der Waals surface area contributed by atoms with Crippen molar-refractivity contribution in [3.8, 4) is 0 Å². The van der Waals surface area contributed by atoms with Gasteiger partial charge in [-0.1, -0.05) is 5.11 Å². The molecule has 1 saturated carbocycles. The number of rotatable bonds is 1. The van der Waals surface area contributed by atoms with Crippen molar-refractivity contribution in [2.45, 2.75) is 38.5 Å². The highest BCUT2D eigenvalue weighted by molar-refractivity contribution is 4.99. The molecule has 0 aromatic heterocycles. The molecule has 2 aliphatic rings. The van der Waals surface area contributed by atoms with Gasteiger partial charge in [0.15, 0.2) is 5.79 Å². The molecule has 2 rings (SSSR count). The highest BCUT2D eigenvalue weighted by atomic mass is 16.7. The fourth-order valence-electron chi connectivity index (χ4n) is 2.07. The van der Waals surface area contributed by atoms with E-state index in [-0.39, 0.29) is 11.5 Å². The van der Waals surface area contributed by atoms with Crippen LogP contribution in [0, 0.1) is 5.41 Å². The zero-order chi connectivity index (χ0) is 10.2. The van der Waals surface area contributed by atoms with Crippen molar-refractivity contribution in [2.75, 3.05) is 13.2 Å². The molecule has 0 N–H and O–H groups in total. The second kappa shape index (κ2) is 3.12. The molecule has 0 unspecified atom stereocenters. The van der Waals surface area contributed by atoms with Crippen LogP contribution in [0.2, 0.25) is 0 Å². The molecule has 0 aromatic rings. The standard InChI is InChI=1S/C9H15N3O2/c1-8(2)13-5-9(6-14-8)3-7(4-9)11-12-10/h7H,3-6H2,1-2H3. The van der Waals surface area contributed by atoms with Crippen molar-refractivity contribution in [1.82, 2.24) is 0 Å². The Hall–Kier alpha value is -0.770. The summed E-state index contributed by atoms with van der Waals surface area (Å²) in [5.41, 5.74) is 8.39. The van der Waals surface area contributed by atoms with E-state index in [1.165, 1.54) is 0 Å². The van der Waals surface area contributed by atoms with E-state index in [9.17, 15) is 0 Å². The first-order valence-corrected chi connectivity index (χ1v) is 4.87. The third-order valence-corrected chi connectivity index (χ3v) is 3.00. The van der Waals surface area contributed by atoms with Crippen LogP contribution < -0.4 is 0 Å². The quantitative estimate of drug-likeness (QED) is 0.367. The maximum Gasteiger partial charge on any atom is 0.162 e. The van der Waals surface area contributed by atoms with Crippen LogP contribution in [0.4, 0.5) is 0 Å². The zero-order valence-corrected chi connectivity index (χ0v) is 8.56. The topological polar surface area (TPSA) is 67.2 Å². The Balaban J connectivity index is 1.88. The molecule has 0 atom stereocenters. The van der Waals surface area contributed by atoms with E-state index in [2.05, 4.69) is 10.0 Å². The average Bonchev–Trinajstić information content (AvgIpc) is 2.06. The van der Waals surface area contributed by atoms with E-state index in [0.29, 0.717) is 0 Å². The lowest BCUT2D eigenvalue weighted by Gasteiger charge is -2.51. The normalized spacial score (nSPS) is 29.3. The van der Waals surface area contributed by atoms with Crippen molar-refractivity contribution >= 4 is 0 Å². The number of ether oxygens (including phenoxy) is 2. The Morgan fingerprint density at radius 2 is 1.86 bits per heavy atom. The van der Waals surface area contributed by atoms with Gasteiger partial charge in [-0.05, 0) is 32.2 Å². The molecule has 0 bridgehead atoms. The SMILES string of the molecule is CC1(C)OCC2(CO1)CC(N=[N+]=[N-])C2. The van der Waals surface area contributed by atoms with Crippen molar-refractivity contribution in [3.63, 3.8) is 0 Å².